The number of benzene rings is 2. The molecule has 104 valence electrons. The van der Waals surface area contributed by atoms with Gasteiger partial charge in [0.25, 0.3) is 0 Å². The second kappa shape index (κ2) is 5.55. The van der Waals surface area contributed by atoms with Crippen LogP contribution in [-0.4, -0.2) is 0 Å². The summed E-state index contributed by atoms with van der Waals surface area (Å²) in [5.74, 6) is 0.190. The largest absolute Gasteiger partial charge is 0.320 e. The topological polar surface area (TPSA) is 26.0 Å². The number of hydrogen-bond donors (Lipinski definition) is 1. The fourth-order valence-electron chi connectivity index (χ4n) is 2.77. The van der Waals surface area contributed by atoms with Crippen molar-refractivity contribution >= 4 is 11.6 Å². The summed E-state index contributed by atoms with van der Waals surface area (Å²) in [6, 6.07) is 12.7. The summed E-state index contributed by atoms with van der Waals surface area (Å²) in [6.07, 6.45) is 3.72. The summed E-state index contributed by atoms with van der Waals surface area (Å²) in [4.78, 5) is 0. The van der Waals surface area contributed by atoms with Gasteiger partial charge in [-0.15, -0.1) is 0 Å². The number of rotatable bonds is 3. The lowest BCUT2D eigenvalue weighted by Gasteiger charge is -2.29. The van der Waals surface area contributed by atoms with Crippen molar-refractivity contribution in [2.45, 2.75) is 31.2 Å². The van der Waals surface area contributed by atoms with Crippen molar-refractivity contribution < 1.29 is 4.39 Å². The number of hydrogen-bond acceptors (Lipinski definition) is 1. The van der Waals surface area contributed by atoms with Crippen LogP contribution in [0, 0.1) is 5.82 Å². The van der Waals surface area contributed by atoms with Crippen LogP contribution in [0.5, 0.6) is 0 Å². The third-order valence-electron chi connectivity index (χ3n) is 4.18. The maximum Gasteiger partial charge on any atom is 0.142 e. The van der Waals surface area contributed by atoms with Crippen LogP contribution in [0.4, 0.5) is 4.39 Å². The van der Waals surface area contributed by atoms with Crippen molar-refractivity contribution in [2.24, 2.45) is 5.73 Å². The van der Waals surface area contributed by atoms with Crippen LogP contribution in [0.15, 0.2) is 42.5 Å². The zero-order valence-electron chi connectivity index (χ0n) is 11.2. The fourth-order valence-corrected chi connectivity index (χ4v) is 2.89. The first-order chi connectivity index (χ1) is 9.66. The maximum atomic E-state index is 13.6. The van der Waals surface area contributed by atoms with E-state index >= 15 is 0 Å². The van der Waals surface area contributed by atoms with Crippen molar-refractivity contribution in [3.8, 4) is 0 Å². The van der Waals surface area contributed by atoms with Crippen molar-refractivity contribution in [1.29, 1.82) is 0 Å². The molecule has 20 heavy (non-hydrogen) atoms. The first-order valence-electron chi connectivity index (χ1n) is 6.96. The second-order valence-corrected chi connectivity index (χ2v) is 5.82. The first-order valence-corrected chi connectivity index (χ1v) is 7.34. The third kappa shape index (κ3) is 2.46. The Kier molecular flexibility index (Phi) is 3.77. The van der Waals surface area contributed by atoms with Gasteiger partial charge in [-0.05, 0) is 47.6 Å². The predicted octanol–water partition coefficient (Wildman–Crippen LogP) is 4.79. The molecule has 2 N–H and O–H groups in total. The van der Waals surface area contributed by atoms with Gasteiger partial charge in [-0.25, -0.2) is 4.39 Å². The highest BCUT2D eigenvalue weighted by Crippen LogP contribution is 2.40. The Balaban J connectivity index is 1.97. The molecule has 1 fully saturated rings. The Morgan fingerprint density at radius 3 is 2.55 bits per heavy atom. The number of nitrogens with two attached hydrogens (primary N) is 1. The quantitative estimate of drug-likeness (QED) is 0.863. The SMILES string of the molecule is NC(c1ccc(Cl)c(F)c1)c1ccccc1C1CCC1. The molecular weight excluding hydrogens is 273 g/mol. The molecule has 3 heteroatoms. The Bertz CT molecular complexity index is 622. The average molecular weight is 290 g/mol. The molecule has 0 bridgehead atoms. The summed E-state index contributed by atoms with van der Waals surface area (Å²) in [5.41, 5.74) is 9.51. The zero-order valence-corrected chi connectivity index (χ0v) is 11.9. The molecule has 0 aromatic heterocycles. The molecule has 1 nitrogen and oxygen atoms in total. The molecule has 0 spiro atoms. The van der Waals surface area contributed by atoms with Gasteiger partial charge in [-0.2, -0.15) is 0 Å². The van der Waals surface area contributed by atoms with Gasteiger partial charge >= 0.3 is 0 Å². The van der Waals surface area contributed by atoms with Gasteiger partial charge in [0, 0.05) is 0 Å². The van der Waals surface area contributed by atoms with Crippen molar-refractivity contribution in [3.05, 3.63) is 70.0 Å². The summed E-state index contributed by atoms with van der Waals surface area (Å²) in [5, 5.41) is 0.133. The molecule has 1 aliphatic carbocycles. The van der Waals surface area contributed by atoms with E-state index in [0.717, 1.165) is 11.1 Å². The van der Waals surface area contributed by atoms with Crippen molar-refractivity contribution in [3.63, 3.8) is 0 Å². The zero-order chi connectivity index (χ0) is 14.1. The van der Waals surface area contributed by atoms with Gasteiger partial charge in [0.15, 0.2) is 0 Å². The van der Waals surface area contributed by atoms with Gasteiger partial charge < -0.3 is 5.73 Å². The Morgan fingerprint density at radius 2 is 1.90 bits per heavy atom. The van der Waals surface area contributed by atoms with E-state index < -0.39 is 5.82 Å². The Hall–Kier alpha value is -1.38. The lowest BCUT2D eigenvalue weighted by atomic mass is 9.76. The van der Waals surface area contributed by atoms with Crippen LogP contribution < -0.4 is 5.73 Å². The normalized spacial score (nSPS) is 16.8. The lowest BCUT2D eigenvalue weighted by Crippen LogP contribution is -2.18. The van der Waals surface area contributed by atoms with Gasteiger partial charge in [0.05, 0.1) is 11.1 Å². The molecule has 0 radical (unpaired) electrons. The predicted molar refractivity (Wildman–Crippen MR) is 80.5 cm³/mol. The van der Waals surface area contributed by atoms with Crippen LogP contribution >= 0.6 is 11.6 Å². The molecule has 1 atom stereocenters. The summed E-state index contributed by atoms with van der Waals surface area (Å²) in [7, 11) is 0. The summed E-state index contributed by atoms with van der Waals surface area (Å²) >= 11 is 5.73. The van der Waals surface area contributed by atoms with Crippen molar-refractivity contribution in [1.82, 2.24) is 0 Å². The molecule has 2 aromatic carbocycles. The van der Waals surface area contributed by atoms with E-state index in [4.69, 9.17) is 17.3 Å². The minimum atomic E-state index is -0.416. The minimum Gasteiger partial charge on any atom is -0.320 e. The van der Waals surface area contributed by atoms with E-state index in [0.29, 0.717) is 5.92 Å². The standard InChI is InChI=1S/C17H17ClFN/c18-15-9-8-12(10-16(15)19)17(20)14-7-2-1-6-13(14)11-4-3-5-11/h1-2,6-11,17H,3-5,20H2. The summed E-state index contributed by atoms with van der Waals surface area (Å²) in [6.45, 7) is 0. The van der Waals surface area contributed by atoms with E-state index in [9.17, 15) is 4.39 Å². The van der Waals surface area contributed by atoms with Crippen LogP contribution in [0.2, 0.25) is 5.02 Å². The second-order valence-electron chi connectivity index (χ2n) is 5.41. The van der Waals surface area contributed by atoms with E-state index in [-0.39, 0.29) is 11.1 Å². The molecule has 3 rings (SSSR count). The maximum absolute atomic E-state index is 13.6. The number of halogens is 2. The molecule has 0 amide bonds. The molecular formula is C17H17ClFN. The van der Waals surface area contributed by atoms with E-state index in [1.807, 2.05) is 18.2 Å². The van der Waals surface area contributed by atoms with E-state index in [1.54, 1.807) is 12.1 Å². The van der Waals surface area contributed by atoms with Crippen LogP contribution in [-0.2, 0) is 0 Å². The highest BCUT2D eigenvalue weighted by Gasteiger charge is 2.24. The minimum absolute atomic E-state index is 0.133. The molecule has 0 saturated heterocycles. The molecule has 1 unspecified atom stereocenters. The molecule has 0 aliphatic heterocycles. The fraction of sp³-hybridized carbons (Fsp3) is 0.294. The first kappa shape index (κ1) is 13.6. The monoisotopic (exact) mass is 289 g/mol. The van der Waals surface area contributed by atoms with Gasteiger partial charge in [0.1, 0.15) is 5.82 Å². The van der Waals surface area contributed by atoms with E-state index in [2.05, 4.69) is 6.07 Å². The highest BCUT2D eigenvalue weighted by molar-refractivity contribution is 6.30. The third-order valence-corrected chi connectivity index (χ3v) is 4.49. The molecule has 0 heterocycles. The van der Waals surface area contributed by atoms with Crippen LogP contribution in [0.25, 0.3) is 0 Å². The van der Waals surface area contributed by atoms with Crippen molar-refractivity contribution in [2.75, 3.05) is 0 Å². The van der Waals surface area contributed by atoms with Gasteiger partial charge in [0.2, 0.25) is 0 Å². The average Bonchev–Trinajstić information content (AvgIpc) is 2.40. The Labute approximate surface area is 123 Å². The van der Waals surface area contributed by atoms with E-state index in [1.165, 1.54) is 30.9 Å². The lowest BCUT2D eigenvalue weighted by molar-refractivity contribution is 0.416. The smallest absolute Gasteiger partial charge is 0.142 e. The molecule has 1 saturated carbocycles. The van der Waals surface area contributed by atoms with Gasteiger partial charge in [-0.3, -0.25) is 0 Å². The van der Waals surface area contributed by atoms with Crippen LogP contribution in [0.3, 0.4) is 0 Å². The molecule has 1 aliphatic rings. The van der Waals surface area contributed by atoms with Gasteiger partial charge in [-0.1, -0.05) is 48.4 Å². The summed E-state index contributed by atoms with van der Waals surface area (Å²) < 4.78 is 13.6. The Morgan fingerprint density at radius 1 is 1.15 bits per heavy atom. The van der Waals surface area contributed by atoms with Crippen LogP contribution in [0.1, 0.15) is 47.9 Å². The molecule has 2 aromatic rings. The highest BCUT2D eigenvalue weighted by atomic mass is 35.5.